The molecule has 4 nitrogen and oxygen atoms in total. The second-order valence-electron chi connectivity index (χ2n) is 5.04. The molecule has 4 N–H and O–H groups in total. The lowest BCUT2D eigenvalue weighted by atomic mass is 10.2. The maximum absolute atomic E-state index is 13.2. The van der Waals surface area contributed by atoms with Crippen LogP contribution in [0.1, 0.15) is 33.4 Å². The molecule has 1 aliphatic heterocycles. The van der Waals surface area contributed by atoms with Crippen molar-refractivity contribution in [1.29, 1.82) is 0 Å². The molecule has 1 aliphatic rings. The highest BCUT2D eigenvalue weighted by atomic mass is 32.1. The van der Waals surface area contributed by atoms with E-state index in [4.69, 9.17) is 5.73 Å². The standard InChI is InChI=1S/C15H16FN3OS/c16-9-3-4-10(17)12(8-9)19-15(20)14-6-5-13(21-14)11-2-1-7-18-11/h3-6,8,11,18H,1-2,7,17H2,(H,19,20). The van der Waals surface area contributed by atoms with Gasteiger partial charge in [-0.2, -0.15) is 0 Å². The Morgan fingerprint density at radius 2 is 2.24 bits per heavy atom. The molecule has 0 spiro atoms. The average molecular weight is 305 g/mol. The first-order chi connectivity index (χ1) is 10.1. The summed E-state index contributed by atoms with van der Waals surface area (Å²) < 4.78 is 13.2. The smallest absolute Gasteiger partial charge is 0.265 e. The van der Waals surface area contributed by atoms with Crippen LogP contribution in [-0.4, -0.2) is 12.5 Å². The van der Waals surface area contributed by atoms with Crippen molar-refractivity contribution in [3.8, 4) is 0 Å². The van der Waals surface area contributed by atoms with Gasteiger partial charge in [0, 0.05) is 10.9 Å². The fourth-order valence-corrected chi connectivity index (χ4v) is 3.42. The quantitative estimate of drug-likeness (QED) is 0.763. The zero-order chi connectivity index (χ0) is 14.8. The van der Waals surface area contributed by atoms with Crippen molar-refractivity contribution in [1.82, 2.24) is 5.32 Å². The lowest BCUT2D eigenvalue weighted by molar-refractivity contribution is 0.103. The van der Waals surface area contributed by atoms with Gasteiger partial charge in [0.05, 0.1) is 16.3 Å². The largest absolute Gasteiger partial charge is 0.397 e. The number of nitrogens with one attached hydrogen (secondary N) is 2. The number of nitrogens with two attached hydrogens (primary N) is 1. The number of amides is 1. The van der Waals surface area contributed by atoms with Gasteiger partial charge in [-0.1, -0.05) is 0 Å². The molecule has 21 heavy (non-hydrogen) atoms. The minimum atomic E-state index is -0.429. The van der Waals surface area contributed by atoms with Gasteiger partial charge in [-0.05, 0) is 49.7 Å². The van der Waals surface area contributed by atoms with Gasteiger partial charge >= 0.3 is 0 Å². The molecular weight excluding hydrogens is 289 g/mol. The van der Waals surface area contributed by atoms with E-state index < -0.39 is 5.82 Å². The molecule has 6 heteroatoms. The Morgan fingerprint density at radius 1 is 1.38 bits per heavy atom. The molecule has 1 atom stereocenters. The molecule has 1 aromatic carbocycles. The highest BCUT2D eigenvalue weighted by molar-refractivity contribution is 7.14. The number of carbonyl (C=O) groups excluding carboxylic acids is 1. The Morgan fingerprint density at radius 3 is 3.00 bits per heavy atom. The summed E-state index contributed by atoms with van der Waals surface area (Å²) in [7, 11) is 0. The van der Waals surface area contributed by atoms with Crippen LogP contribution in [-0.2, 0) is 0 Å². The number of nitrogen functional groups attached to an aromatic ring is 1. The summed E-state index contributed by atoms with van der Waals surface area (Å²) in [5.41, 5.74) is 6.38. The first-order valence-corrected chi connectivity index (χ1v) is 7.64. The molecule has 1 unspecified atom stereocenters. The fraction of sp³-hybridized carbons (Fsp3) is 0.267. The van der Waals surface area contributed by atoms with Crippen LogP contribution < -0.4 is 16.4 Å². The second-order valence-corrected chi connectivity index (χ2v) is 6.15. The molecule has 1 saturated heterocycles. The van der Waals surface area contributed by atoms with E-state index >= 15 is 0 Å². The van der Waals surface area contributed by atoms with Gasteiger partial charge in [0.15, 0.2) is 0 Å². The molecule has 0 aliphatic carbocycles. The molecule has 1 amide bonds. The van der Waals surface area contributed by atoms with Crippen LogP contribution in [0, 0.1) is 5.82 Å². The number of carbonyl (C=O) groups is 1. The van der Waals surface area contributed by atoms with Crippen molar-refractivity contribution < 1.29 is 9.18 Å². The Kier molecular flexibility index (Phi) is 3.90. The summed E-state index contributed by atoms with van der Waals surface area (Å²) in [6, 6.07) is 8.03. The number of hydrogen-bond acceptors (Lipinski definition) is 4. The number of benzene rings is 1. The Labute approximate surface area is 126 Å². The van der Waals surface area contributed by atoms with Crippen LogP contribution in [0.25, 0.3) is 0 Å². The van der Waals surface area contributed by atoms with E-state index in [2.05, 4.69) is 10.6 Å². The van der Waals surface area contributed by atoms with Crippen molar-refractivity contribution in [2.24, 2.45) is 0 Å². The number of anilines is 2. The summed E-state index contributed by atoms with van der Waals surface area (Å²) in [6.07, 6.45) is 2.25. The van der Waals surface area contributed by atoms with E-state index in [0.29, 0.717) is 22.3 Å². The molecule has 1 fully saturated rings. The van der Waals surface area contributed by atoms with Gasteiger partial charge in [-0.15, -0.1) is 11.3 Å². The fourth-order valence-electron chi connectivity index (χ4n) is 2.41. The Balaban J connectivity index is 1.74. The van der Waals surface area contributed by atoms with Gasteiger partial charge in [0.25, 0.3) is 5.91 Å². The summed E-state index contributed by atoms with van der Waals surface area (Å²) >= 11 is 1.46. The third kappa shape index (κ3) is 3.06. The lowest BCUT2D eigenvalue weighted by Crippen LogP contribution is -2.12. The van der Waals surface area contributed by atoms with Crippen molar-refractivity contribution >= 4 is 28.6 Å². The molecule has 0 radical (unpaired) electrons. The van der Waals surface area contributed by atoms with Gasteiger partial charge in [-0.25, -0.2) is 4.39 Å². The van der Waals surface area contributed by atoms with Crippen molar-refractivity contribution in [2.45, 2.75) is 18.9 Å². The van der Waals surface area contributed by atoms with Crippen LogP contribution >= 0.6 is 11.3 Å². The van der Waals surface area contributed by atoms with E-state index in [1.807, 2.05) is 6.07 Å². The molecule has 110 valence electrons. The average Bonchev–Trinajstić information content (AvgIpc) is 3.12. The van der Waals surface area contributed by atoms with E-state index in [1.54, 1.807) is 6.07 Å². The van der Waals surface area contributed by atoms with Gasteiger partial charge in [0.1, 0.15) is 5.82 Å². The van der Waals surface area contributed by atoms with Crippen LogP contribution in [0.5, 0.6) is 0 Å². The van der Waals surface area contributed by atoms with Crippen LogP contribution in [0.2, 0.25) is 0 Å². The summed E-state index contributed by atoms with van der Waals surface area (Å²) in [4.78, 5) is 14.0. The highest BCUT2D eigenvalue weighted by Crippen LogP contribution is 2.30. The van der Waals surface area contributed by atoms with Crippen LogP contribution in [0.3, 0.4) is 0 Å². The zero-order valence-corrected chi connectivity index (χ0v) is 12.2. The molecule has 3 rings (SSSR count). The number of halogens is 1. The van der Waals surface area contributed by atoms with Crippen LogP contribution in [0.15, 0.2) is 30.3 Å². The van der Waals surface area contributed by atoms with Crippen molar-refractivity contribution in [3.63, 3.8) is 0 Å². The molecule has 0 bridgehead atoms. The number of hydrogen-bond donors (Lipinski definition) is 3. The van der Waals surface area contributed by atoms with Crippen molar-refractivity contribution in [3.05, 3.63) is 45.9 Å². The predicted octanol–water partition coefficient (Wildman–Crippen LogP) is 3.15. The lowest BCUT2D eigenvalue weighted by Gasteiger charge is -2.08. The predicted molar refractivity (Wildman–Crippen MR) is 83.1 cm³/mol. The maximum atomic E-state index is 13.2. The second kappa shape index (κ2) is 5.83. The first kappa shape index (κ1) is 14.0. The zero-order valence-electron chi connectivity index (χ0n) is 11.4. The van der Waals surface area contributed by atoms with Crippen molar-refractivity contribution in [2.75, 3.05) is 17.6 Å². The number of rotatable bonds is 3. The highest BCUT2D eigenvalue weighted by Gasteiger charge is 2.19. The minimum Gasteiger partial charge on any atom is -0.397 e. The summed E-state index contributed by atoms with van der Waals surface area (Å²) in [5.74, 6) is -0.692. The van der Waals surface area contributed by atoms with E-state index in [1.165, 1.54) is 29.5 Å². The Bertz CT molecular complexity index is 665. The van der Waals surface area contributed by atoms with Gasteiger partial charge in [-0.3, -0.25) is 4.79 Å². The van der Waals surface area contributed by atoms with E-state index in [-0.39, 0.29) is 5.91 Å². The first-order valence-electron chi connectivity index (χ1n) is 6.83. The molecular formula is C15H16FN3OS. The van der Waals surface area contributed by atoms with Crippen LogP contribution in [0.4, 0.5) is 15.8 Å². The molecule has 2 aromatic rings. The minimum absolute atomic E-state index is 0.262. The summed E-state index contributed by atoms with van der Waals surface area (Å²) in [5, 5.41) is 6.06. The van der Waals surface area contributed by atoms with E-state index in [9.17, 15) is 9.18 Å². The van der Waals surface area contributed by atoms with Gasteiger partial charge < -0.3 is 16.4 Å². The SMILES string of the molecule is Nc1ccc(F)cc1NC(=O)c1ccc(C2CCCN2)s1. The maximum Gasteiger partial charge on any atom is 0.265 e. The topological polar surface area (TPSA) is 67.1 Å². The third-order valence-corrected chi connectivity index (χ3v) is 4.72. The number of thiophene rings is 1. The molecule has 2 heterocycles. The molecule has 0 saturated carbocycles. The summed E-state index contributed by atoms with van der Waals surface area (Å²) in [6.45, 7) is 1.02. The molecule has 1 aromatic heterocycles. The van der Waals surface area contributed by atoms with Gasteiger partial charge in [0.2, 0.25) is 0 Å². The monoisotopic (exact) mass is 305 g/mol. The van der Waals surface area contributed by atoms with E-state index in [0.717, 1.165) is 24.3 Å². The third-order valence-electron chi connectivity index (χ3n) is 3.52. The normalized spacial score (nSPS) is 17.9. The Hall–Kier alpha value is -1.92.